The Hall–Kier alpha value is -0.210. The molecule has 3 rings (SSSR count). The third-order valence-corrected chi connectivity index (χ3v) is 5.98. The van der Waals surface area contributed by atoms with Crippen molar-refractivity contribution >= 4 is 10.2 Å². The van der Waals surface area contributed by atoms with Crippen LogP contribution in [0.5, 0.6) is 0 Å². The molecule has 0 aromatic rings. The average Bonchev–Trinajstić information content (AvgIpc) is 3.25. The van der Waals surface area contributed by atoms with E-state index in [0.29, 0.717) is 19.2 Å². The number of nitrogens with zero attached hydrogens (tertiary/aromatic N) is 2. The van der Waals surface area contributed by atoms with Crippen LogP contribution < -0.4 is 5.14 Å². The molecule has 2 saturated heterocycles. The van der Waals surface area contributed by atoms with Crippen LogP contribution in [0.2, 0.25) is 0 Å². The number of piperidine rings is 2. The fourth-order valence-corrected chi connectivity index (χ4v) is 4.11. The number of ether oxygens (including phenoxy) is 1. The number of rotatable bonds is 5. The summed E-state index contributed by atoms with van der Waals surface area (Å²) in [6.07, 6.45) is 7.13. The highest BCUT2D eigenvalue weighted by atomic mass is 32.2. The first-order valence-electron chi connectivity index (χ1n) is 8.16. The minimum atomic E-state index is -3.52. The van der Waals surface area contributed by atoms with Crippen LogP contribution in [0, 0.1) is 5.92 Å². The number of hydrogen-bond donors (Lipinski definition) is 1. The molecule has 0 aromatic heterocycles. The molecule has 7 heteroatoms. The topological polar surface area (TPSA) is 75.9 Å². The fraction of sp³-hybridized carbons (Fsp3) is 1.00. The summed E-state index contributed by atoms with van der Waals surface area (Å²) in [5.74, 6) is 0.963. The Morgan fingerprint density at radius 2 is 1.43 bits per heavy atom. The molecular weight excluding hydrogens is 290 g/mol. The molecule has 6 nitrogen and oxygen atoms in total. The van der Waals surface area contributed by atoms with Crippen LogP contribution >= 0.6 is 0 Å². The maximum Gasteiger partial charge on any atom is 0.276 e. The Morgan fingerprint density at radius 1 is 0.905 bits per heavy atom. The fourth-order valence-electron chi connectivity index (χ4n) is 3.39. The van der Waals surface area contributed by atoms with E-state index in [4.69, 9.17) is 9.88 Å². The SMILES string of the molecule is NS(=O)(=O)N1CCC(OC2CCN(CC3CC3)CC2)CC1. The standard InChI is InChI=1S/C14H27N3O3S/c15-21(18,19)17-9-5-14(6-10-17)20-13-3-7-16(8-4-13)11-12-1-2-12/h12-14H,1-11H2,(H2,15,18,19). The highest BCUT2D eigenvalue weighted by Gasteiger charge is 2.30. The molecule has 0 unspecified atom stereocenters. The van der Waals surface area contributed by atoms with Crippen LogP contribution in [0.3, 0.4) is 0 Å². The molecule has 2 aliphatic heterocycles. The van der Waals surface area contributed by atoms with Gasteiger partial charge in [0, 0.05) is 32.7 Å². The van der Waals surface area contributed by atoms with Gasteiger partial charge in [0.05, 0.1) is 12.2 Å². The molecule has 0 bridgehead atoms. The summed E-state index contributed by atoms with van der Waals surface area (Å²) < 4.78 is 30.1. The van der Waals surface area contributed by atoms with Gasteiger partial charge in [0.2, 0.25) is 0 Å². The monoisotopic (exact) mass is 317 g/mol. The Balaban J connectivity index is 1.36. The molecule has 2 N–H and O–H groups in total. The number of nitrogens with two attached hydrogens (primary N) is 1. The third kappa shape index (κ3) is 4.63. The molecular formula is C14H27N3O3S. The van der Waals surface area contributed by atoms with Crippen LogP contribution in [0.15, 0.2) is 0 Å². The predicted octanol–water partition coefficient (Wildman–Crippen LogP) is 0.545. The summed E-state index contributed by atoms with van der Waals surface area (Å²) in [4.78, 5) is 2.57. The zero-order valence-corrected chi connectivity index (χ0v) is 13.4. The van der Waals surface area contributed by atoms with Crippen molar-refractivity contribution < 1.29 is 13.2 Å². The molecule has 1 aliphatic carbocycles. The first-order chi connectivity index (χ1) is 10.0. The van der Waals surface area contributed by atoms with E-state index in [9.17, 15) is 8.42 Å². The van der Waals surface area contributed by atoms with Gasteiger partial charge in [0.15, 0.2) is 0 Å². The van der Waals surface area contributed by atoms with Crippen molar-refractivity contribution in [3.8, 4) is 0 Å². The van der Waals surface area contributed by atoms with Gasteiger partial charge < -0.3 is 9.64 Å². The Morgan fingerprint density at radius 3 is 1.90 bits per heavy atom. The molecule has 0 aromatic carbocycles. The predicted molar refractivity (Wildman–Crippen MR) is 81.0 cm³/mol. The Bertz CT molecular complexity index is 436. The Kier molecular flexibility index (Phi) is 4.85. The first kappa shape index (κ1) is 15.7. The van der Waals surface area contributed by atoms with E-state index in [-0.39, 0.29) is 6.10 Å². The van der Waals surface area contributed by atoms with Gasteiger partial charge >= 0.3 is 0 Å². The van der Waals surface area contributed by atoms with Gasteiger partial charge in [-0.05, 0) is 44.4 Å². The zero-order valence-electron chi connectivity index (χ0n) is 12.6. The van der Waals surface area contributed by atoms with Gasteiger partial charge in [-0.1, -0.05) is 0 Å². The lowest BCUT2D eigenvalue weighted by Crippen LogP contribution is -2.45. The highest BCUT2D eigenvalue weighted by Crippen LogP contribution is 2.31. The van der Waals surface area contributed by atoms with E-state index < -0.39 is 10.2 Å². The van der Waals surface area contributed by atoms with Crippen molar-refractivity contribution in [2.75, 3.05) is 32.7 Å². The number of hydrogen-bond acceptors (Lipinski definition) is 4. The van der Waals surface area contributed by atoms with Crippen LogP contribution in [0.25, 0.3) is 0 Å². The second-order valence-electron chi connectivity index (χ2n) is 6.72. The molecule has 122 valence electrons. The van der Waals surface area contributed by atoms with Crippen molar-refractivity contribution in [3.63, 3.8) is 0 Å². The number of likely N-dealkylation sites (tertiary alicyclic amines) is 1. The zero-order chi connectivity index (χ0) is 14.9. The lowest BCUT2D eigenvalue weighted by Gasteiger charge is -2.36. The summed E-state index contributed by atoms with van der Waals surface area (Å²) >= 11 is 0. The summed E-state index contributed by atoms with van der Waals surface area (Å²) in [5, 5.41) is 5.15. The molecule has 0 atom stereocenters. The van der Waals surface area contributed by atoms with Crippen molar-refractivity contribution in [1.29, 1.82) is 0 Å². The summed E-state index contributed by atoms with van der Waals surface area (Å²) in [6.45, 7) is 4.56. The van der Waals surface area contributed by atoms with Crippen molar-refractivity contribution in [3.05, 3.63) is 0 Å². The first-order valence-corrected chi connectivity index (χ1v) is 9.67. The highest BCUT2D eigenvalue weighted by molar-refractivity contribution is 7.86. The van der Waals surface area contributed by atoms with Crippen LogP contribution in [0.4, 0.5) is 0 Å². The van der Waals surface area contributed by atoms with Gasteiger partial charge in [0.1, 0.15) is 0 Å². The summed E-state index contributed by atoms with van der Waals surface area (Å²) in [5.41, 5.74) is 0. The van der Waals surface area contributed by atoms with E-state index >= 15 is 0 Å². The van der Waals surface area contributed by atoms with Crippen LogP contribution in [-0.2, 0) is 14.9 Å². The largest absolute Gasteiger partial charge is 0.375 e. The molecule has 1 saturated carbocycles. The third-order valence-electron chi connectivity index (χ3n) is 4.89. The van der Waals surface area contributed by atoms with E-state index in [0.717, 1.165) is 44.7 Å². The second-order valence-corrected chi connectivity index (χ2v) is 8.27. The quantitative estimate of drug-likeness (QED) is 0.803. The molecule has 0 amide bonds. The molecule has 21 heavy (non-hydrogen) atoms. The lowest BCUT2D eigenvalue weighted by molar-refractivity contribution is -0.0590. The second kappa shape index (κ2) is 6.50. The smallest absolute Gasteiger partial charge is 0.276 e. The summed E-state index contributed by atoms with van der Waals surface area (Å²) in [7, 11) is -3.52. The van der Waals surface area contributed by atoms with Crippen molar-refractivity contribution in [2.45, 2.75) is 50.7 Å². The molecule has 2 heterocycles. The minimum Gasteiger partial charge on any atom is -0.375 e. The van der Waals surface area contributed by atoms with Gasteiger partial charge in [0.25, 0.3) is 10.2 Å². The molecule has 0 radical (unpaired) electrons. The molecule has 3 aliphatic rings. The van der Waals surface area contributed by atoms with Gasteiger partial charge in [-0.2, -0.15) is 12.7 Å². The van der Waals surface area contributed by atoms with Crippen LogP contribution in [0.1, 0.15) is 38.5 Å². The normalized spacial score (nSPS) is 28.0. The van der Waals surface area contributed by atoms with E-state index in [2.05, 4.69) is 4.90 Å². The minimum absolute atomic E-state index is 0.197. The maximum atomic E-state index is 11.3. The summed E-state index contributed by atoms with van der Waals surface area (Å²) in [6, 6.07) is 0. The van der Waals surface area contributed by atoms with Gasteiger partial charge in [-0.15, -0.1) is 0 Å². The average molecular weight is 317 g/mol. The van der Waals surface area contributed by atoms with Gasteiger partial charge in [-0.25, -0.2) is 5.14 Å². The van der Waals surface area contributed by atoms with Crippen molar-refractivity contribution in [2.24, 2.45) is 11.1 Å². The lowest BCUT2D eigenvalue weighted by atomic mass is 10.1. The van der Waals surface area contributed by atoms with Gasteiger partial charge in [-0.3, -0.25) is 0 Å². The van der Waals surface area contributed by atoms with E-state index in [1.807, 2.05) is 0 Å². The molecule has 3 fully saturated rings. The maximum absolute atomic E-state index is 11.3. The van der Waals surface area contributed by atoms with E-state index in [1.165, 1.54) is 23.7 Å². The molecule has 0 spiro atoms. The van der Waals surface area contributed by atoms with E-state index in [1.54, 1.807) is 0 Å². The Labute approximate surface area is 127 Å². The van der Waals surface area contributed by atoms with Crippen molar-refractivity contribution in [1.82, 2.24) is 9.21 Å². The van der Waals surface area contributed by atoms with Crippen LogP contribution in [-0.4, -0.2) is 62.6 Å².